The van der Waals surface area contributed by atoms with Crippen LogP contribution in [0.3, 0.4) is 0 Å². The minimum Gasteiger partial charge on any atom is -0.484 e. The quantitative estimate of drug-likeness (QED) is 0.325. The average molecular weight is 570 g/mol. The van der Waals surface area contributed by atoms with Gasteiger partial charge in [0.2, 0.25) is 5.91 Å². The fraction of sp³-hybridized carbons (Fsp3) is 0.286. The van der Waals surface area contributed by atoms with E-state index in [4.69, 9.17) is 4.74 Å². The molecule has 0 aliphatic carbocycles. The number of hydrogen-bond acceptors (Lipinski definition) is 3. The van der Waals surface area contributed by atoms with E-state index < -0.39 is 6.04 Å². The van der Waals surface area contributed by atoms with Gasteiger partial charge in [-0.2, -0.15) is 0 Å². The van der Waals surface area contributed by atoms with Crippen LogP contribution >= 0.6 is 22.6 Å². The molecule has 6 heteroatoms. The number of aryl methyl sites for hydroxylation is 1. The van der Waals surface area contributed by atoms with Gasteiger partial charge in [-0.25, -0.2) is 0 Å². The molecule has 0 fully saturated rings. The Labute approximate surface area is 215 Å². The van der Waals surface area contributed by atoms with Crippen LogP contribution in [-0.2, 0) is 22.6 Å². The Morgan fingerprint density at radius 1 is 0.971 bits per heavy atom. The van der Waals surface area contributed by atoms with Gasteiger partial charge in [-0.15, -0.1) is 0 Å². The number of rotatable bonds is 11. The normalized spacial score (nSPS) is 11.5. The van der Waals surface area contributed by atoms with Crippen molar-refractivity contribution >= 4 is 34.4 Å². The highest BCUT2D eigenvalue weighted by molar-refractivity contribution is 14.1. The van der Waals surface area contributed by atoms with Gasteiger partial charge in [-0.05, 0) is 71.3 Å². The third kappa shape index (κ3) is 7.87. The zero-order valence-corrected chi connectivity index (χ0v) is 21.8. The predicted molar refractivity (Wildman–Crippen MR) is 144 cm³/mol. The van der Waals surface area contributed by atoms with Crippen molar-refractivity contribution in [3.05, 3.63) is 99.1 Å². The second kappa shape index (κ2) is 13.1. The first-order chi connectivity index (χ1) is 16.5. The first-order valence-corrected chi connectivity index (χ1v) is 12.6. The molecule has 1 N–H and O–H groups in total. The van der Waals surface area contributed by atoms with E-state index in [0.717, 1.165) is 26.7 Å². The number of nitrogens with zero attached hydrogens (tertiary/aromatic N) is 1. The zero-order valence-electron chi connectivity index (χ0n) is 19.7. The van der Waals surface area contributed by atoms with Gasteiger partial charge in [0.25, 0.3) is 5.91 Å². The topological polar surface area (TPSA) is 58.6 Å². The highest BCUT2D eigenvalue weighted by atomic mass is 127. The van der Waals surface area contributed by atoms with E-state index in [-0.39, 0.29) is 18.4 Å². The molecule has 0 spiro atoms. The van der Waals surface area contributed by atoms with Crippen LogP contribution in [0.2, 0.25) is 0 Å². The number of halogens is 1. The molecule has 178 valence electrons. The summed E-state index contributed by atoms with van der Waals surface area (Å²) in [6.07, 6.45) is 1.25. The summed E-state index contributed by atoms with van der Waals surface area (Å²) in [4.78, 5) is 28.4. The van der Waals surface area contributed by atoms with Crippen LogP contribution in [-0.4, -0.2) is 35.9 Å². The molecule has 0 aliphatic rings. The Balaban J connectivity index is 1.88. The van der Waals surface area contributed by atoms with E-state index in [1.165, 1.54) is 0 Å². The largest absolute Gasteiger partial charge is 0.484 e. The van der Waals surface area contributed by atoms with Crippen molar-refractivity contribution in [2.75, 3.05) is 13.2 Å². The first kappa shape index (κ1) is 25.7. The number of nitrogens with one attached hydrogen (secondary N) is 1. The van der Waals surface area contributed by atoms with Crippen molar-refractivity contribution in [1.82, 2.24) is 10.2 Å². The monoisotopic (exact) mass is 570 g/mol. The molecule has 3 aromatic rings. The molecule has 0 radical (unpaired) electrons. The number of ether oxygens (including phenoxy) is 1. The molecule has 3 rings (SSSR count). The Morgan fingerprint density at radius 3 is 2.35 bits per heavy atom. The first-order valence-electron chi connectivity index (χ1n) is 11.5. The number of benzene rings is 3. The summed E-state index contributed by atoms with van der Waals surface area (Å²) in [6.45, 7) is 4.78. The molecular weight excluding hydrogens is 539 g/mol. The van der Waals surface area contributed by atoms with Crippen molar-refractivity contribution < 1.29 is 14.3 Å². The van der Waals surface area contributed by atoms with Gasteiger partial charge in [-0.3, -0.25) is 9.59 Å². The van der Waals surface area contributed by atoms with E-state index in [2.05, 4.69) is 27.9 Å². The predicted octanol–water partition coefficient (Wildman–Crippen LogP) is 5.14. The summed E-state index contributed by atoms with van der Waals surface area (Å²) >= 11 is 2.23. The maximum atomic E-state index is 13.5. The van der Waals surface area contributed by atoms with Crippen molar-refractivity contribution in [3.8, 4) is 5.75 Å². The lowest BCUT2D eigenvalue weighted by Gasteiger charge is -2.31. The lowest BCUT2D eigenvalue weighted by atomic mass is 10.0. The molecule has 5 nitrogen and oxygen atoms in total. The van der Waals surface area contributed by atoms with Crippen LogP contribution in [0.4, 0.5) is 0 Å². The third-order valence-corrected chi connectivity index (χ3v) is 6.15. The van der Waals surface area contributed by atoms with Gasteiger partial charge in [0.15, 0.2) is 6.61 Å². The summed E-state index contributed by atoms with van der Waals surface area (Å²) in [5.74, 6) is 0.243. The van der Waals surface area contributed by atoms with Gasteiger partial charge in [0.1, 0.15) is 11.8 Å². The molecule has 0 bridgehead atoms. The summed E-state index contributed by atoms with van der Waals surface area (Å²) < 4.78 is 6.89. The second-order valence-corrected chi connectivity index (χ2v) is 9.50. The van der Waals surface area contributed by atoms with Crippen LogP contribution in [0.25, 0.3) is 0 Å². The number of amides is 2. The minimum absolute atomic E-state index is 0.140. The molecule has 0 aromatic heterocycles. The molecule has 0 heterocycles. The van der Waals surface area contributed by atoms with Crippen molar-refractivity contribution in [1.29, 1.82) is 0 Å². The highest BCUT2D eigenvalue weighted by Gasteiger charge is 2.30. The van der Waals surface area contributed by atoms with Gasteiger partial charge in [0.05, 0.1) is 0 Å². The van der Waals surface area contributed by atoms with Crippen LogP contribution in [0.5, 0.6) is 5.75 Å². The molecule has 34 heavy (non-hydrogen) atoms. The summed E-state index contributed by atoms with van der Waals surface area (Å²) in [5, 5.41) is 2.99. The van der Waals surface area contributed by atoms with E-state index in [1.807, 2.05) is 92.7 Å². The zero-order chi connectivity index (χ0) is 24.3. The minimum atomic E-state index is -0.651. The van der Waals surface area contributed by atoms with Crippen molar-refractivity contribution in [3.63, 3.8) is 0 Å². The van der Waals surface area contributed by atoms with Crippen LogP contribution in [0.1, 0.15) is 30.0 Å². The molecular formula is C28H31IN2O3. The van der Waals surface area contributed by atoms with E-state index in [0.29, 0.717) is 25.3 Å². The highest BCUT2D eigenvalue weighted by Crippen LogP contribution is 2.18. The second-order valence-electron chi connectivity index (χ2n) is 8.25. The average Bonchev–Trinajstić information content (AvgIpc) is 2.85. The van der Waals surface area contributed by atoms with Crippen LogP contribution in [0.15, 0.2) is 78.9 Å². The van der Waals surface area contributed by atoms with Crippen molar-refractivity contribution in [2.45, 2.75) is 39.3 Å². The standard InChI is InChI=1S/C28H31IN2O3/c1-3-16-30-28(33)26(18-22-9-5-4-6-10-22)31(19-23-11-7-8-21(2)17-23)27(32)20-34-25-14-12-24(29)13-15-25/h4-15,17,26H,3,16,18-20H2,1-2H3,(H,30,33)/t26-/m0/s1. The Hall–Kier alpha value is -2.87. The van der Waals surface area contributed by atoms with Gasteiger partial charge in [-0.1, -0.05) is 67.1 Å². The van der Waals surface area contributed by atoms with Crippen LogP contribution in [0, 0.1) is 10.5 Å². The SMILES string of the molecule is CCCNC(=O)[C@H](Cc1ccccc1)N(Cc1cccc(C)c1)C(=O)COc1ccc(I)cc1. The fourth-order valence-electron chi connectivity index (χ4n) is 3.69. The van der Waals surface area contributed by atoms with E-state index in [1.54, 1.807) is 4.90 Å². The van der Waals surface area contributed by atoms with E-state index >= 15 is 0 Å². The fourth-order valence-corrected chi connectivity index (χ4v) is 4.05. The van der Waals surface area contributed by atoms with E-state index in [9.17, 15) is 9.59 Å². The summed E-state index contributed by atoms with van der Waals surface area (Å²) in [5.41, 5.74) is 3.08. The number of carbonyl (C=O) groups excluding carboxylic acids is 2. The number of hydrogen-bond donors (Lipinski definition) is 1. The van der Waals surface area contributed by atoms with Gasteiger partial charge >= 0.3 is 0 Å². The molecule has 1 atom stereocenters. The lowest BCUT2D eigenvalue weighted by molar-refractivity contribution is -0.142. The maximum absolute atomic E-state index is 13.5. The summed E-state index contributed by atoms with van der Waals surface area (Å²) in [6, 6.07) is 24.7. The Bertz CT molecular complexity index is 1070. The lowest BCUT2D eigenvalue weighted by Crippen LogP contribution is -2.51. The molecule has 0 saturated carbocycles. The molecule has 3 aromatic carbocycles. The van der Waals surface area contributed by atoms with Crippen LogP contribution < -0.4 is 10.1 Å². The molecule has 0 aliphatic heterocycles. The Morgan fingerprint density at radius 2 is 1.68 bits per heavy atom. The maximum Gasteiger partial charge on any atom is 0.261 e. The smallest absolute Gasteiger partial charge is 0.261 e. The van der Waals surface area contributed by atoms with Gasteiger partial charge < -0.3 is 15.0 Å². The van der Waals surface area contributed by atoms with Gasteiger partial charge in [0, 0.05) is 23.1 Å². The summed E-state index contributed by atoms with van der Waals surface area (Å²) in [7, 11) is 0. The third-order valence-electron chi connectivity index (χ3n) is 5.43. The van der Waals surface area contributed by atoms with Crippen molar-refractivity contribution in [2.24, 2.45) is 0 Å². The molecule has 2 amide bonds. The molecule has 0 saturated heterocycles. The Kier molecular flexibility index (Phi) is 9.94. The molecule has 0 unspecified atom stereocenters. The number of carbonyl (C=O) groups is 2.